The summed E-state index contributed by atoms with van der Waals surface area (Å²) in [6.07, 6.45) is 1.86. The molecule has 2 N–H and O–H groups in total. The molecule has 1 aromatic heterocycles. The molecule has 0 atom stereocenters. The van der Waals surface area contributed by atoms with Gasteiger partial charge in [0.25, 0.3) is 0 Å². The van der Waals surface area contributed by atoms with E-state index >= 15 is 0 Å². The average molecular weight is 242 g/mol. The maximum absolute atomic E-state index is 9.20. The van der Waals surface area contributed by atoms with Crippen molar-refractivity contribution in [3.8, 4) is 17.3 Å². The molecule has 2 rings (SSSR count). The average Bonchev–Trinajstić information content (AvgIpc) is 2.38. The number of nitrogens with zero attached hydrogens (tertiary/aromatic N) is 3. The van der Waals surface area contributed by atoms with Gasteiger partial charge < -0.3 is 5.73 Å². The van der Waals surface area contributed by atoms with Crippen LogP contribution in [0.3, 0.4) is 0 Å². The molecule has 0 amide bonds. The van der Waals surface area contributed by atoms with E-state index in [1.54, 1.807) is 0 Å². The minimum atomic E-state index is 0.187. The number of nitrogens with two attached hydrogens (primary N) is 1. The van der Waals surface area contributed by atoms with Crippen LogP contribution in [-0.2, 0) is 0 Å². The molecule has 0 fully saturated rings. The Kier molecular flexibility index (Phi) is 3.26. The van der Waals surface area contributed by atoms with Crippen LogP contribution in [0.2, 0.25) is 0 Å². The van der Waals surface area contributed by atoms with Crippen LogP contribution in [0.1, 0.15) is 5.56 Å². The highest BCUT2D eigenvalue weighted by Crippen LogP contribution is 2.27. The molecule has 0 bridgehead atoms. The summed E-state index contributed by atoms with van der Waals surface area (Å²) >= 11 is 1.39. The molecule has 4 nitrogen and oxygen atoms in total. The Hall–Kier alpha value is -2.06. The Morgan fingerprint density at radius 2 is 1.94 bits per heavy atom. The van der Waals surface area contributed by atoms with Crippen molar-refractivity contribution in [2.24, 2.45) is 0 Å². The molecule has 0 saturated carbocycles. The number of nitrogen functional groups attached to an aromatic ring is 1. The first kappa shape index (κ1) is 11.4. The maximum Gasteiger partial charge on any atom is 0.221 e. The summed E-state index contributed by atoms with van der Waals surface area (Å²) in [4.78, 5) is 8.21. The fourth-order valence-electron chi connectivity index (χ4n) is 1.51. The third-order valence-corrected chi connectivity index (χ3v) is 2.93. The van der Waals surface area contributed by atoms with Gasteiger partial charge in [0, 0.05) is 5.56 Å². The van der Waals surface area contributed by atoms with Gasteiger partial charge in [0.2, 0.25) is 5.95 Å². The van der Waals surface area contributed by atoms with Crippen LogP contribution in [0.15, 0.2) is 35.4 Å². The molecule has 0 aliphatic rings. The SMILES string of the molecule is CSc1nc(N)nc(-c2ccccc2)c1C#N. The second-order valence-corrected chi connectivity index (χ2v) is 4.09. The van der Waals surface area contributed by atoms with E-state index in [1.165, 1.54) is 11.8 Å². The first-order valence-corrected chi connectivity index (χ1v) is 6.15. The summed E-state index contributed by atoms with van der Waals surface area (Å²) in [5.41, 5.74) is 7.58. The van der Waals surface area contributed by atoms with Gasteiger partial charge in [-0.25, -0.2) is 9.97 Å². The third-order valence-electron chi connectivity index (χ3n) is 2.25. The Labute approximate surface area is 104 Å². The molecule has 84 valence electrons. The third kappa shape index (κ3) is 2.22. The second kappa shape index (κ2) is 4.85. The Bertz CT molecular complexity index is 575. The molecule has 17 heavy (non-hydrogen) atoms. The summed E-state index contributed by atoms with van der Waals surface area (Å²) in [5, 5.41) is 9.81. The zero-order valence-corrected chi connectivity index (χ0v) is 10.0. The fraction of sp³-hybridized carbons (Fsp3) is 0.0833. The normalized spacial score (nSPS) is 9.88. The Balaban J connectivity index is 2.70. The van der Waals surface area contributed by atoms with E-state index in [9.17, 15) is 5.26 Å². The zero-order chi connectivity index (χ0) is 12.3. The van der Waals surface area contributed by atoms with Crippen molar-refractivity contribution < 1.29 is 0 Å². The van der Waals surface area contributed by atoms with E-state index in [0.29, 0.717) is 16.3 Å². The van der Waals surface area contributed by atoms with E-state index in [-0.39, 0.29) is 5.95 Å². The van der Waals surface area contributed by atoms with Gasteiger partial charge in [0.15, 0.2) is 0 Å². The van der Waals surface area contributed by atoms with Gasteiger partial charge in [-0.2, -0.15) is 5.26 Å². The van der Waals surface area contributed by atoms with E-state index in [0.717, 1.165) is 5.56 Å². The minimum Gasteiger partial charge on any atom is -0.368 e. The zero-order valence-electron chi connectivity index (χ0n) is 9.21. The number of hydrogen-bond donors (Lipinski definition) is 1. The fourth-order valence-corrected chi connectivity index (χ4v) is 2.04. The van der Waals surface area contributed by atoms with Gasteiger partial charge in [-0.3, -0.25) is 0 Å². The molecule has 0 spiro atoms. The molecule has 1 aromatic carbocycles. The van der Waals surface area contributed by atoms with Gasteiger partial charge in [-0.15, -0.1) is 11.8 Å². The topological polar surface area (TPSA) is 75.6 Å². The van der Waals surface area contributed by atoms with Crippen LogP contribution < -0.4 is 5.73 Å². The smallest absolute Gasteiger partial charge is 0.221 e. The number of rotatable bonds is 2. The minimum absolute atomic E-state index is 0.187. The molecule has 2 aromatic rings. The van der Waals surface area contributed by atoms with Crippen molar-refractivity contribution in [2.45, 2.75) is 5.03 Å². The van der Waals surface area contributed by atoms with Gasteiger partial charge in [0.1, 0.15) is 16.7 Å². The van der Waals surface area contributed by atoms with Crippen LogP contribution in [0, 0.1) is 11.3 Å². The lowest BCUT2D eigenvalue weighted by Crippen LogP contribution is -2.01. The van der Waals surface area contributed by atoms with Crippen LogP contribution in [0.4, 0.5) is 5.95 Å². The van der Waals surface area contributed by atoms with Crippen molar-refractivity contribution in [2.75, 3.05) is 12.0 Å². The molecule has 0 aliphatic heterocycles. The van der Waals surface area contributed by atoms with Gasteiger partial charge in [-0.05, 0) is 6.26 Å². The maximum atomic E-state index is 9.20. The molecule has 0 unspecified atom stereocenters. The standard InChI is InChI=1S/C12H10N4S/c1-17-11-9(7-13)10(15-12(14)16-11)8-5-3-2-4-6-8/h2-6H,1H3,(H2,14,15,16). The highest BCUT2D eigenvalue weighted by atomic mass is 32.2. The van der Waals surface area contributed by atoms with Crippen LogP contribution in [0.5, 0.6) is 0 Å². The van der Waals surface area contributed by atoms with Crippen LogP contribution >= 0.6 is 11.8 Å². The van der Waals surface area contributed by atoms with Crippen molar-refractivity contribution >= 4 is 17.7 Å². The number of anilines is 1. The van der Waals surface area contributed by atoms with Crippen molar-refractivity contribution in [3.63, 3.8) is 0 Å². The van der Waals surface area contributed by atoms with E-state index < -0.39 is 0 Å². The lowest BCUT2D eigenvalue weighted by atomic mass is 10.1. The molecule has 1 heterocycles. The number of hydrogen-bond acceptors (Lipinski definition) is 5. The molecular formula is C12H10N4S. The summed E-state index contributed by atoms with van der Waals surface area (Å²) in [6.45, 7) is 0. The monoisotopic (exact) mass is 242 g/mol. The molecule has 0 radical (unpaired) electrons. The number of aromatic nitrogens is 2. The Morgan fingerprint density at radius 3 is 2.53 bits per heavy atom. The summed E-state index contributed by atoms with van der Waals surface area (Å²) in [6, 6.07) is 11.6. The summed E-state index contributed by atoms with van der Waals surface area (Å²) < 4.78 is 0. The van der Waals surface area contributed by atoms with E-state index in [1.807, 2.05) is 36.6 Å². The van der Waals surface area contributed by atoms with Crippen molar-refractivity contribution in [1.82, 2.24) is 9.97 Å². The quantitative estimate of drug-likeness (QED) is 0.646. The highest BCUT2D eigenvalue weighted by molar-refractivity contribution is 7.98. The number of nitriles is 1. The Morgan fingerprint density at radius 1 is 1.24 bits per heavy atom. The molecule has 0 aliphatic carbocycles. The van der Waals surface area contributed by atoms with Gasteiger partial charge in [-0.1, -0.05) is 30.3 Å². The first-order valence-electron chi connectivity index (χ1n) is 4.93. The predicted molar refractivity (Wildman–Crippen MR) is 68.4 cm³/mol. The van der Waals surface area contributed by atoms with Crippen LogP contribution in [-0.4, -0.2) is 16.2 Å². The van der Waals surface area contributed by atoms with Crippen molar-refractivity contribution in [1.29, 1.82) is 5.26 Å². The number of benzene rings is 1. The van der Waals surface area contributed by atoms with Gasteiger partial charge in [0.05, 0.1) is 5.69 Å². The van der Waals surface area contributed by atoms with Crippen LogP contribution in [0.25, 0.3) is 11.3 Å². The van der Waals surface area contributed by atoms with E-state index in [2.05, 4.69) is 16.0 Å². The molecule has 5 heteroatoms. The van der Waals surface area contributed by atoms with Gasteiger partial charge >= 0.3 is 0 Å². The first-order chi connectivity index (χ1) is 8.26. The molecule has 0 saturated heterocycles. The van der Waals surface area contributed by atoms with E-state index in [4.69, 9.17) is 5.73 Å². The summed E-state index contributed by atoms with van der Waals surface area (Å²) in [5.74, 6) is 0.187. The predicted octanol–water partition coefficient (Wildman–Crippen LogP) is 2.32. The lowest BCUT2D eigenvalue weighted by Gasteiger charge is -2.07. The summed E-state index contributed by atoms with van der Waals surface area (Å²) in [7, 11) is 0. The largest absolute Gasteiger partial charge is 0.368 e. The lowest BCUT2D eigenvalue weighted by molar-refractivity contribution is 1.05. The highest BCUT2D eigenvalue weighted by Gasteiger charge is 2.13. The second-order valence-electron chi connectivity index (χ2n) is 3.29. The van der Waals surface area contributed by atoms with Crippen molar-refractivity contribution in [3.05, 3.63) is 35.9 Å². The molecular weight excluding hydrogens is 232 g/mol. The number of thioether (sulfide) groups is 1.